The van der Waals surface area contributed by atoms with Crippen LogP contribution in [0.1, 0.15) is 18.0 Å². The van der Waals surface area contributed by atoms with Gasteiger partial charge < -0.3 is 0 Å². The van der Waals surface area contributed by atoms with Crippen molar-refractivity contribution in [1.82, 2.24) is 4.41 Å². The van der Waals surface area contributed by atoms with Crippen molar-refractivity contribution in [2.75, 3.05) is 5.75 Å². The first-order chi connectivity index (χ1) is 5.88. The second kappa shape index (κ2) is 3.47. The highest BCUT2D eigenvalue weighted by atomic mass is 32.2. The number of nitrogens with zero attached hydrogens (tertiary/aromatic N) is 1. The molecule has 2 rings (SSSR count). The summed E-state index contributed by atoms with van der Waals surface area (Å²) in [4.78, 5) is 0. The number of nitrogens with two attached hydrogens (primary N) is 1. The van der Waals surface area contributed by atoms with E-state index in [2.05, 4.69) is 24.3 Å². The van der Waals surface area contributed by atoms with Crippen LogP contribution in [-0.2, 0) is 0 Å². The van der Waals surface area contributed by atoms with E-state index in [0.717, 1.165) is 12.2 Å². The van der Waals surface area contributed by atoms with Gasteiger partial charge in [-0.3, -0.25) is 5.84 Å². The molecule has 0 saturated carbocycles. The van der Waals surface area contributed by atoms with Crippen LogP contribution in [0.15, 0.2) is 30.3 Å². The van der Waals surface area contributed by atoms with Crippen molar-refractivity contribution >= 4 is 11.9 Å². The minimum atomic E-state index is 0.413. The van der Waals surface area contributed by atoms with E-state index in [0.29, 0.717) is 6.04 Å². The Morgan fingerprint density at radius 1 is 1.33 bits per heavy atom. The molecule has 2 nitrogen and oxygen atoms in total. The highest BCUT2D eigenvalue weighted by Gasteiger charge is 2.23. The monoisotopic (exact) mass is 180 g/mol. The van der Waals surface area contributed by atoms with Crippen molar-refractivity contribution in [3.8, 4) is 0 Å². The second-order valence-corrected chi connectivity index (χ2v) is 4.00. The van der Waals surface area contributed by atoms with Gasteiger partial charge in [0.15, 0.2) is 0 Å². The van der Waals surface area contributed by atoms with Gasteiger partial charge in [-0.25, -0.2) is 0 Å². The van der Waals surface area contributed by atoms with Crippen molar-refractivity contribution in [1.29, 1.82) is 0 Å². The molecule has 3 heteroatoms. The van der Waals surface area contributed by atoms with Crippen LogP contribution in [0, 0.1) is 0 Å². The summed E-state index contributed by atoms with van der Waals surface area (Å²) in [7, 11) is 0. The summed E-state index contributed by atoms with van der Waals surface area (Å²) in [6, 6.07) is 10.8. The van der Waals surface area contributed by atoms with E-state index in [9.17, 15) is 0 Å². The van der Waals surface area contributed by atoms with E-state index in [-0.39, 0.29) is 0 Å². The Labute approximate surface area is 76.8 Å². The van der Waals surface area contributed by atoms with Gasteiger partial charge in [0.05, 0.1) is 6.04 Å². The molecule has 0 amide bonds. The first-order valence-electron chi connectivity index (χ1n) is 4.10. The maximum Gasteiger partial charge on any atom is 0.0612 e. The molecule has 1 aromatic rings. The van der Waals surface area contributed by atoms with Crippen molar-refractivity contribution in [2.24, 2.45) is 5.84 Å². The van der Waals surface area contributed by atoms with Crippen molar-refractivity contribution < 1.29 is 0 Å². The van der Waals surface area contributed by atoms with Crippen molar-refractivity contribution in [3.05, 3.63) is 35.9 Å². The van der Waals surface area contributed by atoms with E-state index >= 15 is 0 Å². The average Bonchev–Trinajstić information content (AvgIpc) is 2.53. The Bertz CT molecular complexity index is 250. The third kappa shape index (κ3) is 1.48. The topological polar surface area (TPSA) is 29.3 Å². The van der Waals surface area contributed by atoms with Crippen LogP contribution in [0.3, 0.4) is 0 Å². The fourth-order valence-corrected chi connectivity index (χ4v) is 2.42. The van der Waals surface area contributed by atoms with Crippen molar-refractivity contribution in [3.63, 3.8) is 0 Å². The number of benzene rings is 1. The van der Waals surface area contributed by atoms with Crippen LogP contribution >= 0.6 is 11.9 Å². The zero-order valence-corrected chi connectivity index (χ0v) is 7.63. The molecule has 0 bridgehead atoms. The highest BCUT2D eigenvalue weighted by Crippen LogP contribution is 2.34. The summed E-state index contributed by atoms with van der Waals surface area (Å²) in [5.41, 5.74) is 1.32. The molecular formula is C9H12N2S. The van der Waals surface area contributed by atoms with E-state index in [1.54, 1.807) is 11.9 Å². The number of rotatable bonds is 1. The average molecular weight is 180 g/mol. The Balaban J connectivity index is 2.19. The van der Waals surface area contributed by atoms with Gasteiger partial charge in [-0.2, -0.15) is 4.41 Å². The molecule has 1 saturated heterocycles. The van der Waals surface area contributed by atoms with Gasteiger partial charge in [-0.1, -0.05) is 42.3 Å². The molecular weight excluding hydrogens is 168 g/mol. The Kier molecular flexibility index (Phi) is 2.35. The minimum Gasteiger partial charge on any atom is -0.258 e. The predicted molar refractivity (Wildman–Crippen MR) is 52.3 cm³/mol. The third-order valence-electron chi connectivity index (χ3n) is 2.12. The van der Waals surface area contributed by atoms with Gasteiger partial charge >= 0.3 is 0 Å². The van der Waals surface area contributed by atoms with Crippen LogP contribution in [0.4, 0.5) is 0 Å². The van der Waals surface area contributed by atoms with E-state index in [1.165, 1.54) is 5.56 Å². The molecule has 2 N–H and O–H groups in total. The van der Waals surface area contributed by atoms with Crippen LogP contribution < -0.4 is 5.84 Å². The minimum absolute atomic E-state index is 0.413. The van der Waals surface area contributed by atoms with Gasteiger partial charge in [-0.05, 0) is 12.0 Å². The molecule has 1 aliphatic heterocycles. The Morgan fingerprint density at radius 2 is 2.08 bits per heavy atom. The zero-order chi connectivity index (χ0) is 8.39. The van der Waals surface area contributed by atoms with Crippen molar-refractivity contribution in [2.45, 2.75) is 12.5 Å². The maximum atomic E-state index is 5.81. The van der Waals surface area contributed by atoms with Crippen LogP contribution in [0.25, 0.3) is 0 Å². The number of hydrogen-bond acceptors (Lipinski definition) is 3. The lowest BCUT2D eigenvalue weighted by molar-refractivity contribution is 0.391. The molecule has 64 valence electrons. The smallest absolute Gasteiger partial charge is 0.0612 e. The van der Waals surface area contributed by atoms with Gasteiger partial charge in [0, 0.05) is 5.75 Å². The molecule has 1 fully saturated rings. The quantitative estimate of drug-likeness (QED) is 0.529. The molecule has 0 aliphatic carbocycles. The lowest BCUT2D eigenvalue weighted by Crippen LogP contribution is -2.23. The van der Waals surface area contributed by atoms with Gasteiger partial charge in [0.25, 0.3) is 0 Å². The molecule has 12 heavy (non-hydrogen) atoms. The molecule has 1 atom stereocenters. The first-order valence-corrected chi connectivity index (χ1v) is 5.04. The predicted octanol–water partition coefficient (Wildman–Crippen LogP) is 1.96. The molecule has 1 aromatic carbocycles. The third-order valence-corrected chi connectivity index (χ3v) is 3.09. The largest absolute Gasteiger partial charge is 0.258 e. The second-order valence-electron chi connectivity index (χ2n) is 2.91. The van der Waals surface area contributed by atoms with Gasteiger partial charge in [0.2, 0.25) is 0 Å². The fraction of sp³-hybridized carbons (Fsp3) is 0.333. The number of hydrazine groups is 1. The highest BCUT2D eigenvalue weighted by molar-refractivity contribution is 7.97. The molecule has 1 heterocycles. The molecule has 0 unspecified atom stereocenters. The molecule has 0 spiro atoms. The van der Waals surface area contributed by atoms with E-state index < -0.39 is 0 Å². The zero-order valence-electron chi connectivity index (χ0n) is 6.81. The molecule has 0 aromatic heterocycles. The molecule has 0 radical (unpaired) electrons. The lowest BCUT2D eigenvalue weighted by atomic mass is 10.1. The SMILES string of the molecule is NN1SCC[C@H]1c1ccccc1. The molecule has 1 aliphatic rings. The van der Waals surface area contributed by atoms with Crippen LogP contribution in [0.5, 0.6) is 0 Å². The lowest BCUT2D eigenvalue weighted by Gasteiger charge is -2.17. The standard InChI is InChI=1S/C9H12N2S/c10-11-9(6-7-12-11)8-4-2-1-3-5-8/h1-5,9H,6-7,10H2/t9-/m0/s1. The Hall–Kier alpha value is -0.510. The summed E-state index contributed by atoms with van der Waals surface area (Å²) >= 11 is 1.71. The normalized spacial score (nSPS) is 24.6. The summed E-state index contributed by atoms with van der Waals surface area (Å²) in [5.74, 6) is 6.94. The summed E-state index contributed by atoms with van der Waals surface area (Å²) in [6.07, 6.45) is 1.16. The summed E-state index contributed by atoms with van der Waals surface area (Å²) in [6.45, 7) is 0. The van der Waals surface area contributed by atoms with E-state index in [1.807, 2.05) is 10.5 Å². The summed E-state index contributed by atoms with van der Waals surface area (Å²) < 4.78 is 1.86. The Morgan fingerprint density at radius 3 is 2.67 bits per heavy atom. The number of hydrogen-bond donors (Lipinski definition) is 1. The van der Waals surface area contributed by atoms with Crippen LogP contribution in [-0.4, -0.2) is 10.2 Å². The fourth-order valence-electron chi connectivity index (χ4n) is 1.48. The van der Waals surface area contributed by atoms with Crippen LogP contribution in [0.2, 0.25) is 0 Å². The first kappa shape index (κ1) is 8.10. The van der Waals surface area contributed by atoms with E-state index in [4.69, 9.17) is 5.84 Å². The maximum absolute atomic E-state index is 5.81. The van der Waals surface area contributed by atoms with Gasteiger partial charge in [-0.15, -0.1) is 0 Å². The van der Waals surface area contributed by atoms with Gasteiger partial charge in [0.1, 0.15) is 0 Å². The summed E-state index contributed by atoms with van der Waals surface area (Å²) in [5, 5.41) is 0.